The standard InChI is InChI=1S/C16H21ClN2O3/c1-4-9(2)18-15(20)11-8-12(11)16(21)19-13-7-10(17)5-6-14(13)22-3/h5-7,9,11-12H,4,8H2,1-3H3,(H,18,20)(H,19,21). The van der Waals surface area contributed by atoms with Gasteiger partial charge in [-0.3, -0.25) is 9.59 Å². The Labute approximate surface area is 135 Å². The molecule has 1 aliphatic rings. The van der Waals surface area contributed by atoms with E-state index in [1.54, 1.807) is 18.2 Å². The molecule has 1 saturated carbocycles. The Morgan fingerprint density at radius 1 is 1.36 bits per heavy atom. The van der Waals surface area contributed by atoms with E-state index in [9.17, 15) is 9.59 Å². The number of benzene rings is 1. The van der Waals surface area contributed by atoms with Crippen molar-refractivity contribution >= 4 is 29.1 Å². The summed E-state index contributed by atoms with van der Waals surface area (Å²) in [6.07, 6.45) is 1.45. The SMILES string of the molecule is CCC(C)NC(=O)C1CC1C(=O)Nc1cc(Cl)ccc1OC. The Morgan fingerprint density at radius 3 is 2.68 bits per heavy atom. The Morgan fingerprint density at radius 2 is 2.05 bits per heavy atom. The number of carbonyl (C=O) groups excluding carboxylic acids is 2. The Kier molecular flexibility index (Phi) is 5.29. The number of nitrogens with one attached hydrogen (secondary N) is 2. The van der Waals surface area contributed by atoms with Gasteiger partial charge in [0.1, 0.15) is 5.75 Å². The van der Waals surface area contributed by atoms with Crippen LogP contribution in [0.5, 0.6) is 5.75 Å². The lowest BCUT2D eigenvalue weighted by atomic mass is 10.2. The summed E-state index contributed by atoms with van der Waals surface area (Å²) in [5, 5.41) is 6.21. The molecular formula is C16H21ClN2O3. The zero-order valence-electron chi connectivity index (χ0n) is 13.0. The summed E-state index contributed by atoms with van der Waals surface area (Å²) in [7, 11) is 1.53. The van der Waals surface area contributed by atoms with Crippen LogP contribution in [0, 0.1) is 11.8 Å². The number of anilines is 1. The van der Waals surface area contributed by atoms with Crippen molar-refractivity contribution in [1.82, 2.24) is 5.32 Å². The van der Waals surface area contributed by atoms with Gasteiger partial charge in [-0.05, 0) is 38.0 Å². The summed E-state index contributed by atoms with van der Waals surface area (Å²) in [6.45, 7) is 3.96. The van der Waals surface area contributed by atoms with Gasteiger partial charge in [0.25, 0.3) is 0 Å². The molecule has 1 fully saturated rings. The molecule has 0 radical (unpaired) electrons. The van der Waals surface area contributed by atoms with E-state index in [-0.39, 0.29) is 29.7 Å². The van der Waals surface area contributed by atoms with Gasteiger partial charge < -0.3 is 15.4 Å². The Bertz CT molecular complexity index is 577. The molecule has 1 aromatic carbocycles. The van der Waals surface area contributed by atoms with Gasteiger partial charge in [0.2, 0.25) is 11.8 Å². The average Bonchev–Trinajstić information content (AvgIpc) is 3.28. The fraction of sp³-hybridized carbons (Fsp3) is 0.500. The maximum absolute atomic E-state index is 12.2. The summed E-state index contributed by atoms with van der Waals surface area (Å²) in [6, 6.07) is 5.15. The number of methoxy groups -OCH3 is 1. The number of hydrogen-bond acceptors (Lipinski definition) is 3. The molecule has 3 atom stereocenters. The third-order valence-electron chi connectivity index (χ3n) is 3.88. The van der Waals surface area contributed by atoms with Crippen molar-refractivity contribution < 1.29 is 14.3 Å². The number of amides is 2. The molecule has 120 valence electrons. The Balaban J connectivity index is 1.95. The van der Waals surface area contributed by atoms with Crippen molar-refractivity contribution in [1.29, 1.82) is 0 Å². The zero-order valence-corrected chi connectivity index (χ0v) is 13.7. The van der Waals surface area contributed by atoms with E-state index < -0.39 is 0 Å². The molecule has 5 nitrogen and oxygen atoms in total. The highest BCUT2D eigenvalue weighted by atomic mass is 35.5. The van der Waals surface area contributed by atoms with Crippen molar-refractivity contribution in [2.24, 2.45) is 11.8 Å². The summed E-state index contributed by atoms with van der Waals surface area (Å²) >= 11 is 5.93. The fourth-order valence-electron chi connectivity index (χ4n) is 2.23. The molecule has 2 rings (SSSR count). The second-order valence-electron chi connectivity index (χ2n) is 5.60. The van der Waals surface area contributed by atoms with Gasteiger partial charge in [-0.1, -0.05) is 18.5 Å². The molecule has 0 aliphatic heterocycles. The smallest absolute Gasteiger partial charge is 0.228 e. The van der Waals surface area contributed by atoms with Crippen LogP contribution in [-0.2, 0) is 9.59 Å². The highest BCUT2D eigenvalue weighted by Crippen LogP contribution is 2.40. The highest BCUT2D eigenvalue weighted by Gasteiger charge is 2.48. The molecule has 1 aliphatic carbocycles. The predicted molar refractivity (Wildman–Crippen MR) is 86.1 cm³/mol. The molecule has 22 heavy (non-hydrogen) atoms. The third kappa shape index (κ3) is 3.91. The van der Waals surface area contributed by atoms with Gasteiger partial charge in [-0.25, -0.2) is 0 Å². The lowest BCUT2D eigenvalue weighted by Gasteiger charge is -2.12. The van der Waals surface area contributed by atoms with Crippen molar-refractivity contribution in [3.8, 4) is 5.75 Å². The van der Waals surface area contributed by atoms with Crippen LogP contribution in [0.3, 0.4) is 0 Å². The number of halogens is 1. The summed E-state index contributed by atoms with van der Waals surface area (Å²) in [4.78, 5) is 24.2. The zero-order chi connectivity index (χ0) is 16.3. The maximum atomic E-state index is 12.2. The second-order valence-corrected chi connectivity index (χ2v) is 6.04. The highest BCUT2D eigenvalue weighted by molar-refractivity contribution is 6.31. The van der Waals surface area contributed by atoms with Gasteiger partial charge in [-0.15, -0.1) is 0 Å². The van der Waals surface area contributed by atoms with E-state index >= 15 is 0 Å². The molecule has 1 aromatic rings. The fourth-order valence-corrected chi connectivity index (χ4v) is 2.40. The van der Waals surface area contributed by atoms with Gasteiger partial charge in [0, 0.05) is 11.1 Å². The van der Waals surface area contributed by atoms with Crippen molar-refractivity contribution in [2.75, 3.05) is 12.4 Å². The molecule has 0 saturated heterocycles. The average molecular weight is 325 g/mol. The molecule has 0 heterocycles. The predicted octanol–water partition coefficient (Wildman–Crippen LogP) is 2.84. The van der Waals surface area contributed by atoms with Crippen LogP contribution in [0.25, 0.3) is 0 Å². The third-order valence-corrected chi connectivity index (χ3v) is 4.12. The van der Waals surface area contributed by atoms with Gasteiger partial charge in [-0.2, -0.15) is 0 Å². The quantitative estimate of drug-likeness (QED) is 0.845. The molecule has 2 amide bonds. The summed E-state index contributed by atoms with van der Waals surface area (Å²) < 4.78 is 5.19. The lowest BCUT2D eigenvalue weighted by molar-refractivity contribution is -0.125. The van der Waals surface area contributed by atoms with E-state index in [1.165, 1.54) is 7.11 Å². The number of carbonyl (C=O) groups is 2. The number of hydrogen-bond donors (Lipinski definition) is 2. The second kappa shape index (κ2) is 7.01. The monoisotopic (exact) mass is 324 g/mol. The first kappa shape index (κ1) is 16.6. The Hall–Kier alpha value is -1.75. The van der Waals surface area contributed by atoms with Crippen molar-refractivity contribution in [3.05, 3.63) is 23.2 Å². The van der Waals surface area contributed by atoms with Crippen LogP contribution in [0.4, 0.5) is 5.69 Å². The summed E-state index contributed by atoms with van der Waals surface area (Å²) in [5.41, 5.74) is 0.521. The van der Waals surface area contributed by atoms with Crippen molar-refractivity contribution in [2.45, 2.75) is 32.7 Å². The first-order valence-corrected chi connectivity index (χ1v) is 7.78. The molecule has 3 unspecified atom stereocenters. The topological polar surface area (TPSA) is 67.4 Å². The van der Waals surface area contributed by atoms with Crippen molar-refractivity contribution in [3.63, 3.8) is 0 Å². The summed E-state index contributed by atoms with van der Waals surface area (Å²) in [5.74, 6) is -0.205. The minimum Gasteiger partial charge on any atom is -0.495 e. The van der Waals surface area contributed by atoms with Crippen LogP contribution in [0.2, 0.25) is 5.02 Å². The lowest BCUT2D eigenvalue weighted by Crippen LogP contribution is -2.34. The number of rotatable bonds is 6. The van der Waals surface area contributed by atoms with Gasteiger partial charge in [0.05, 0.1) is 24.6 Å². The van der Waals surface area contributed by atoms with E-state index in [4.69, 9.17) is 16.3 Å². The molecular weight excluding hydrogens is 304 g/mol. The van der Waals surface area contributed by atoms with E-state index in [1.807, 2.05) is 13.8 Å². The van der Waals surface area contributed by atoms with E-state index in [0.29, 0.717) is 22.9 Å². The van der Waals surface area contributed by atoms with Crippen LogP contribution in [0.15, 0.2) is 18.2 Å². The maximum Gasteiger partial charge on any atom is 0.228 e. The van der Waals surface area contributed by atoms with E-state index in [2.05, 4.69) is 10.6 Å². The minimum absolute atomic E-state index is 0.0486. The normalized spacial score (nSPS) is 20.9. The first-order chi connectivity index (χ1) is 10.5. The molecule has 0 aromatic heterocycles. The van der Waals surface area contributed by atoms with Crippen LogP contribution in [-0.4, -0.2) is 25.0 Å². The molecule has 0 bridgehead atoms. The van der Waals surface area contributed by atoms with Gasteiger partial charge >= 0.3 is 0 Å². The number of ether oxygens (including phenoxy) is 1. The van der Waals surface area contributed by atoms with E-state index in [0.717, 1.165) is 6.42 Å². The van der Waals surface area contributed by atoms with Gasteiger partial charge in [0.15, 0.2) is 0 Å². The molecule has 0 spiro atoms. The minimum atomic E-state index is -0.284. The van der Waals surface area contributed by atoms with Crippen LogP contribution in [0.1, 0.15) is 26.7 Å². The van der Waals surface area contributed by atoms with Crippen LogP contribution >= 0.6 is 11.6 Å². The largest absolute Gasteiger partial charge is 0.495 e. The first-order valence-electron chi connectivity index (χ1n) is 7.41. The molecule has 6 heteroatoms. The van der Waals surface area contributed by atoms with Crippen LogP contribution < -0.4 is 15.4 Å². The molecule has 2 N–H and O–H groups in total.